The van der Waals surface area contributed by atoms with Crippen LogP contribution in [0.4, 0.5) is 0 Å². The minimum Gasteiger partial charge on any atom is -0.309 e. The largest absolute Gasteiger partial charge is 0.309 e. The molecule has 182 valence electrons. The summed E-state index contributed by atoms with van der Waals surface area (Å²) in [4.78, 5) is 0. The highest BCUT2D eigenvalue weighted by Crippen LogP contribution is 2.38. The first-order chi connectivity index (χ1) is 18.4. The molecule has 0 aliphatic carbocycles. The summed E-state index contributed by atoms with van der Waals surface area (Å²) < 4.78 is 8.59. The Morgan fingerprint density at radius 1 is 0.447 bits per heavy atom. The van der Waals surface area contributed by atoms with Gasteiger partial charge in [0.2, 0.25) is 0 Å². The maximum Gasteiger partial charge on any atom is 0.0993 e. The summed E-state index contributed by atoms with van der Waals surface area (Å²) in [6.45, 7) is 0. The second-order valence-electron chi connectivity index (χ2n) is 9.17. The molecule has 5 aromatic carbocycles. The van der Waals surface area contributed by atoms with E-state index in [1.54, 1.807) is 0 Å². The van der Waals surface area contributed by atoms with Gasteiger partial charge in [-0.1, -0.05) is 63.7 Å². The predicted molar refractivity (Wildman–Crippen MR) is 171 cm³/mol. The Labute approximate surface area is 251 Å². The van der Waals surface area contributed by atoms with Crippen molar-refractivity contribution in [1.29, 1.82) is 5.26 Å². The highest BCUT2D eigenvalue weighted by molar-refractivity contribution is 9.11. The Morgan fingerprint density at radius 3 is 1.05 bits per heavy atom. The van der Waals surface area contributed by atoms with Crippen molar-refractivity contribution in [2.24, 2.45) is 0 Å². The molecule has 0 saturated heterocycles. The quantitative estimate of drug-likeness (QED) is 0.173. The van der Waals surface area contributed by atoms with Crippen LogP contribution < -0.4 is 0 Å². The number of halogens is 4. The number of benzene rings is 5. The van der Waals surface area contributed by atoms with Crippen LogP contribution in [-0.4, -0.2) is 9.13 Å². The van der Waals surface area contributed by atoms with E-state index in [0.29, 0.717) is 5.56 Å². The number of nitrogens with zero attached hydrogens (tertiary/aromatic N) is 3. The van der Waals surface area contributed by atoms with Crippen LogP contribution in [0.3, 0.4) is 0 Å². The molecule has 0 spiro atoms. The minimum atomic E-state index is 0.603. The first kappa shape index (κ1) is 24.2. The predicted octanol–water partition coefficient (Wildman–Crippen LogP) is 10.8. The van der Waals surface area contributed by atoms with Gasteiger partial charge in [0.05, 0.1) is 33.7 Å². The van der Waals surface area contributed by atoms with Gasteiger partial charge in [-0.3, -0.25) is 0 Å². The van der Waals surface area contributed by atoms with Gasteiger partial charge < -0.3 is 9.13 Å². The summed E-state index contributed by atoms with van der Waals surface area (Å²) in [6.07, 6.45) is 0. The zero-order chi connectivity index (χ0) is 26.1. The number of rotatable bonds is 2. The molecular weight excluding hydrogens is 734 g/mol. The number of hydrogen-bond donors (Lipinski definition) is 0. The fourth-order valence-electron chi connectivity index (χ4n) is 5.41. The number of aromatic nitrogens is 2. The molecule has 38 heavy (non-hydrogen) atoms. The van der Waals surface area contributed by atoms with E-state index in [1.165, 1.54) is 0 Å². The van der Waals surface area contributed by atoms with Crippen LogP contribution in [0.5, 0.6) is 0 Å². The first-order valence-electron chi connectivity index (χ1n) is 11.8. The highest BCUT2D eigenvalue weighted by Gasteiger charge is 2.17. The number of fused-ring (bicyclic) bond motifs is 6. The van der Waals surface area contributed by atoms with Crippen molar-refractivity contribution in [2.75, 3.05) is 0 Å². The van der Waals surface area contributed by atoms with E-state index >= 15 is 0 Å². The SMILES string of the molecule is N#Cc1cc(-n2c3ccc(Br)cc3c3cc(Br)ccc32)cc(-n2c3ccc(Br)cc3c3cc(Br)ccc32)c1. The lowest BCUT2D eigenvalue weighted by Gasteiger charge is -2.14. The van der Waals surface area contributed by atoms with Crippen molar-refractivity contribution < 1.29 is 0 Å². The molecule has 0 saturated carbocycles. The smallest absolute Gasteiger partial charge is 0.0993 e. The summed E-state index contributed by atoms with van der Waals surface area (Å²) in [7, 11) is 0. The van der Waals surface area contributed by atoms with Gasteiger partial charge in [-0.2, -0.15) is 5.26 Å². The number of hydrogen-bond acceptors (Lipinski definition) is 1. The van der Waals surface area contributed by atoms with Gasteiger partial charge in [0.25, 0.3) is 0 Å². The average Bonchev–Trinajstić information content (AvgIpc) is 3.39. The summed E-state index contributed by atoms with van der Waals surface area (Å²) in [5.74, 6) is 0. The summed E-state index contributed by atoms with van der Waals surface area (Å²) in [5, 5.41) is 14.7. The van der Waals surface area contributed by atoms with E-state index in [1.807, 2.05) is 12.1 Å². The Balaban J connectivity index is 1.59. The normalized spacial score (nSPS) is 11.7. The third kappa shape index (κ3) is 3.77. The molecule has 0 bridgehead atoms. The van der Waals surface area contributed by atoms with Gasteiger partial charge in [-0.15, -0.1) is 0 Å². The lowest BCUT2D eigenvalue weighted by atomic mass is 10.1. The molecular formula is C31H15Br4N3. The van der Waals surface area contributed by atoms with Gasteiger partial charge in [0, 0.05) is 50.8 Å². The van der Waals surface area contributed by atoms with Gasteiger partial charge in [-0.25, -0.2) is 0 Å². The molecule has 0 aliphatic heterocycles. The summed E-state index contributed by atoms with van der Waals surface area (Å²) >= 11 is 14.6. The summed E-state index contributed by atoms with van der Waals surface area (Å²) in [5.41, 5.74) is 6.80. The molecule has 2 heterocycles. The fraction of sp³-hybridized carbons (Fsp3) is 0. The van der Waals surface area contributed by atoms with Crippen molar-refractivity contribution in [2.45, 2.75) is 0 Å². The van der Waals surface area contributed by atoms with Crippen LogP contribution in [0, 0.1) is 11.3 Å². The van der Waals surface area contributed by atoms with E-state index in [9.17, 15) is 5.26 Å². The molecule has 0 radical (unpaired) electrons. The third-order valence-corrected chi connectivity index (χ3v) is 8.90. The molecule has 0 fully saturated rings. The molecule has 2 aromatic heterocycles. The van der Waals surface area contributed by atoms with E-state index in [-0.39, 0.29) is 0 Å². The Kier molecular flexibility index (Phi) is 5.79. The molecule has 7 aromatic rings. The van der Waals surface area contributed by atoms with E-state index in [0.717, 1.165) is 72.9 Å². The number of nitriles is 1. The van der Waals surface area contributed by atoms with Crippen LogP contribution in [0.1, 0.15) is 5.56 Å². The van der Waals surface area contributed by atoms with Crippen molar-refractivity contribution in [3.8, 4) is 17.4 Å². The van der Waals surface area contributed by atoms with Crippen molar-refractivity contribution in [1.82, 2.24) is 9.13 Å². The minimum absolute atomic E-state index is 0.603. The van der Waals surface area contributed by atoms with Gasteiger partial charge in [-0.05, 0) is 91.0 Å². The first-order valence-corrected chi connectivity index (χ1v) is 14.9. The zero-order valence-corrected chi connectivity index (χ0v) is 25.9. The van der Waals surface area contributed by atoms with E-state index in [2.05, 4.69) is 158 Å². The second-order valence-corrected chi connectivity index (χ2v) is 12.8. The lowest BCUT2D eigenvalue weighted by molar-refractivity contribution is 1.13. The maximum absolute atomic E-state index is 10.1. The maximum atomic E-state index is 10.1. The van der Waals surface area contributed by atoms with Gasteiger partial charge >= 0.3 is 0 Å². The second kappa shape index (κ2) is 9.10. The van der Waals surface area contributed by atoms with Crippen molar-refractivity contribution in [3.05, 3.63) is 114 Å². The molecule has 0 amide bonds. The molecule has 7 heteroatoms. The molecule has 0 atom stereocenters. The van der Waals surface area contributed by atoms with Crippen LogP contribution in [0.25, 0.3) is 55.0 Å². The summed E-state index contributed by atoms with van der Waals surface area (Å²) in [6, 6.07) is 33.9. The monoisotopic (exact) mass is 745 g/mol. The highest BCUT2D eigenvalue weighted by atomic mass is 79.9. The Bertz CT molecular complexity index is 1880. The standard InChI is InChI=1S/C31H15Br4N3/c32-18-1-5-28-24(11-18)25-12-19(33)2-6-29(25)37(28)22-9-17(16-36)10-23(15-22)38-30-7-3-20(34)13-26(30)27-14-21(35)4-8-31(27)38/h1-15H. The van der Waals surface area contributed by atoms with E-state index in [4.69, 9.17) is 0 Å². The third-order valence-electron chi connectivity index (χ3n) is 6.93. The molecule has 7 rings (SSSR count). The molecule has 0 aliphatic rings. The van der Waals surface area contributed by atoms with E-state index < -0.39 is 0 Å². The van der Waals surface area contributed by atoms with Crippen molar-refractivity contribution >= 4 is 107 Å². The van der Waals surface area contributed by atoms with Crippen LogP contribution in [-0.2, 0) is 0 Å². The fourth-order valence-corrected chi connectivity index (χ4v) is 6.85. The van der Waals surface area contributed by atoms with Gasteiger partial charge in [0.15, 0.2) is 0 Å². The van der Waals surface area contributed by atoms with Crippen molar-refractivity contribution in [3.63, 3.8) is 0 Å². The molecule has 0 unspecified atom stereocenters. The molecule has 0 N–H and O–H groups in total. The lowest BCUT2D eigenvalue weighted by Crippen LogP contribution is -2.00. The van der Waals surface area contributed by atoms with Crippen LogP contribution in [0.15, 0.2) is 109 Å². The van der Waals surface area contributed by atoms with Crippen LogP contribution >= 0.6 is 63.7 Å². The average molecular weight is 749 g/mol. The Hall–Kier alpha value is -2.89. The molecule has 3 nitrogen and oxygen atoms in total. The van der Waals surface area contributed by atoms with Crippen LogP contribution in [0.2, 0.25) is 0 Å². The zero-order valence-electron chi connectivity index (χ0n) is 19.5. The topological polar surface area (TPSA) is 33.6 Å². The Morgan fingerprint density at radius 2 is 0.763 bits per heavy atom. The van der Waals surface area contributed by atoms with Gasteiger partial charge in [0.1, 0.15) is 0 Å².